The molecule has 0 N–H and O–H groups in total. The first kappa shape index (κ1) is 19.5. The highest BCUT2D eigenvalue weighted by Gasteiger charge is 2.23. The monoisotopic (exact) mass is 485 g/mol. The maximum Gasteiger partial charge on any atom is 0.0896 e. The molecule has 0 radical (unpaired) electrons. The third-order valence-electron chi connectivity index (χ3n) is 7.02. The van der Waals surface area contributed by atoms with Gasteiger partial charge in [0.15, 0.2) is 0 Å². The third-order valence-corrected chi connectivity index (χ3v) is 9.37. The minimum atomic E-state index is 1.10. The predicted molar refractivity (Wildman–Crippen MR) is 154 cm³/mol. The Morgan fingerprint density at radius 3 is 1.54 bits per heavy atom. The van der Waals surface area contributed by atoms with Crippen molar-refractivity contribution in [3.05, 3.63) is 79.1 Å². The highest BCUT2D eigenvalue weighted by atomic mass is 32.1. The number of rotatable bonds is 0. The van der Waals surface area contributed by atoms with Crippen molar-refractivity contribution in [1.29, 1.82) is 0 Å². The van der Waals surface area contributed by atoms with Gasteiger partial charge in [-0.05, 0) is 12.1 Å². The lowest BCUT2D eigenvalue weighted by atomic mass is 10.1. The molecule has 0 aliphatic heterocycles. The molecule has 9 rings (SSSR count). The average Bonchev–Trinajstić information content (AvgIpc) is 3.65. The molecule has 0 unspecified atom stereocenters. The van der Waals surface area contributed by atoms with Crippen molar-refractivity contribution in [2.24, 2.45) is 0 Å². The predicted octanol–water partition coefficient (Wildman–Crippen LogP) is 9.39. The number of hydrogen-bond donors (Lipinski definition) is 0. The minimum absolute atomic E-state index is 1.10. The van der Waals surface area contributed by atoms with Gasteiger partial charge in [0.05, 0.1) is 49.4 Å². The molecule has 0 fully saturated rings. The molecule has 3 nitrogen and oxygen atoms in total. The number of fused-ring (bicyclic) bond motifs is 14. The Morgan fingerprint density at radius 2 is 1.03 bits per heavy atom. The van der Waals surface area contributed by atoms with Crippen LogP contribution in [-0.2, 0) is 0 Å². The molecule has 9 aromatic rings. The van der Waals surface area contributed by atoms with E-state index in [0.29, 0.717) is 0 Å². The highest BCUT2D eigenvalue weighted by molar-refractivity contribution is 7.27. The molecule has 0 atom stereocenters. The number of pyridine rings is 2. The number of benzene rings is 3. The van der Waals surface area contributed by atoms with Gasteiger partial charge in [-0.1, -0.05) is 68.4 Å². The van der Waals surface area contributed by atoms with Crippen LogP contribution in [0.4, 0.5) is 0 Å². The molecule has 6 aromatic heterocycles. The Bertz CT molecular complexity index is 2090. The Kier molecular flexibility index (Phi) is 3.83. The van der Waals surface area contributed by atoms with E-state index in [-0.39, 0.29) is 0 Å². The van der Waals surface area contributed by atoms with Crippen LogP contribution in [0.25, 0.3) is 78.7 Å². The van der Waals surface area contributed by atoms with Crippen LogP contribution in [0, 0.1) is 0 Å². The lowest BCUT2D eigenvalue weighted by Crippen LogP contribution is -1.84. The largest absolute Gasteiger partial charge is 0.305 e. The maximum absolute atomic E-state index is 4.97. The van der Waals surface area contributed by atoms with E-state index in [1.807, 2.05) is 36.5 Å². The molecule has 5 heteroatoms. The summed E-state index contributed by atoms with van der Waals surface area (Å²) in [7, 11) is 0. The standard InChI is InChI=1S/C28H13N3S2.C2H6/c1-3-10-20-14(6-1)24-27(32-20)22-16-8-5-9-17-23-19(31(26(16)17)18(22)12-29-24)13-30-25-15-7-2-4-11-21(15)33-28(23)25;1-2/h1-13H;1-2H3. The molecule has 0 amide bonds. The molecule has 0 saturated carbocycles. The van der Waals surface area contributed by atoms with Crippen LogP contribution in [0.5, 0.6) is 0 Å². The van der Waals surface area contributed by atoms with Gasteiger partial charge in [0, 0.05) is 41.7 Å². The molecular formula is C30H19N3S2. The van der Waals surface area contributed by atoms with E-state index in [9.17, 15) is 0 Å². The summed E-state index contributed by atoms with van der Waals surface area (Å²) in [4.78, 5) is 9.93. The number of para-hydroxylation sites is 1. The van der Waals surface area contributed by atoms with Crippen molar-refractivity contribution >= 4 is 101 Å². The van der Waals surface area contributed by atoms with Crippen molar-refractivity contribution in [2.45, 2.75) is 13.8 Å². The fourth-order valence-corrected chi connectivity index (χ4v) is 8.12. The maximum atomic E-state index is 4.97. The second-order valence-electron chi connectivity index (χ2n) is 8.63. The fourth-order valence-electron chi connectivity index (χ4n) is 5.69. The number of nitrogens with zero attached hydrogens (tertiary/aromatic N) is 3. The summed E-state index contributed by atoms with van der Waals surface area (Å²) in [6.07, 6.45) is 4.12. The quantitative estimate of drug-likeness (QED) is 0.214. The van der Waals surface area contributed by atoms with E-state index in [0.717, 1.165) is 22.1 Å². The van der Waals surface area contributed by atoms with Gasteiger partial charge in [-0.15, -0.1) is 22.7 Å². The summed E-state index contributed by atoms with van der Waals surface area (Å²) in [5, 5.41) is 7.68. The van der Waals surface area contributed by atoms with Crippen LogP contribution in [0.1, 0.15) is 13.8 Å². The molecule has 0 aliphatic rings. The first-order valence-corrected chi connectivity index (χ1v) is 13.6. The van der Waals surface area contributed by atoms with Crippen molar-refractivity contribution in [2.75, 3.05) is 0 Å². The first-order valence-electron chi connectivity index (χ1n) is 11.9. The molecule has 0 spiro atoms. The molecule has 3 aromatic carbocycles. The van der Waals surface area contributed by atoms with E-state index in [2.05, 4.69) is 83.5 Å². The zero-order chi connectivity index (χ0) is 23.3. The van der Waals surface area contributed by atoms with Crippen molar-refractivity contribution in [1.82, 2.24) is 14.4 Å². The molecule has 166 valence electrons. The fraction of sp³-hybridized carbons (Fsp3) is 0.0667. The number of aromatic nitrogens is 3. The Balaban J connectivity index is 0.000000958. The van der Waals surface area contributed by atoms with Crippen LogP contribution in [-0.4, -0.2) is 14.4 Å². The first-order chi connectivity index (χ1) is 17.4. The second-order valence-corrected chi connectivity index (χ2v) is 10.7. The number of thiophene rings is 2. The smallest absolute Gasteiger partial charge is 0.0896 e. The van der Waals surface area contributed by atoms with E-state index in [4.69, 9.17) is 9.97 Å². The Hall–Kier alpha value is -3.80. The van der Waals surface area contributed by atoms with Gasteiger partial charge >= 0.3 is 0 Å². The van der Waals surface area contributed by atoms with Gasteiger partial charge < -0.3 is 4.40 Å². The van der Waals surface area contributed by atoms with E-state index in [1.165, 1.54) is 56.6 Å². The van der Waals surface area contributed by atoms with Crippen LogP contribution >= 0.6 is 22.7 Å². The highest BCUT2D eigenvalue weighted by Crippen LogP contribution is 2.47. The van der Waals surface area contributed by atoms with Crippen LogP contribution in [0.15, 0.2) is 79.1 Å². The van der Waals surface area contributed by atoms with Gasteiger partial charge in [0.1, 0.15) is 0 Å². The topological polar surface area (TPSA) is 30.2 Å². The molecule has 0 aliphatic carbocycles. The average molecular weight is 486 g/mol. The van der Waals surface area contributed by atoms with Gasteiger partial charge in [-0.3, -0.25) is 9.97 Å². The lowest BCUT2D eigenvalue weighted by Gasteiger charge is -1.99. The van der Waals surface area contributed by atoms with Crippen molar-refractivity contribution < 1.29 is 0 Å². The minimum Gasteiger partial charge on any atom is -0.305 e. The summed E-state index contributed by atoms with van der Waals surface area (Å²) in [5.41, 5.74) is 5.81. The van der Waals surface area contributed by atoms with Gasteiger partial charge in [0.25, 0.3) is 0 Å². The molecule has 0 saturated heterocycles. The zero-order valence-electron chi connectivity index (χ0n) is 19.2. The molecule has 35 heavy (non-hydrogen) atoms. The summed E-state index contributed by atoms with van der Waals surface area (Å²) >= 11 is 3.69. The lowest BCUT2D eigenvalue weighted by molar-refractivity contribution is 1.32. The Morgan fingerprint density at radius 1 is 0.571 bits per heavy atom. The van der Waals surface area contributed by atoms with Crippen LogP contribution < -0.4 is 0 Å². The van der Waals surface area contributed by atoms with Gasteiger partial charge in [-0.2, -0.15) is 0 Å². The third kappa shape index (κ3) is 2.30. The summed E-state index contributed by atoms with van der Waals surface area (Å²) < 4.78 is 7.51. The summed E-state index contributed by atoms with van der Waals surface area (Å²) in [5.74, 6) is 0. The van der Waals surface area contributed by atoms with Crippen LogP contribution in [0.2, 0.25) is 0 Å². The number of hydrogen-bond acceptors (Lipinski definition) is 4. The van der Waals surface area contributed by atoms with Gasteiger partial charge in [0.2, 0.25) is 0 Å². The molecule has 0 bridgehead atoms. The normalized spacial score (nSPS) is 12.3. The van der Waals surface area contributed by atoms with Crippen molar-refractivity contribution in [3.63, 3.8) is 0 Å². The van der Waals surface area contributed by atoms with E-state index < -0.39 is 0 Å². The molecule has 6 heterocycles. The Labute approximate surface area is 208 Å². The zero-order valence-corrected chi connectivity index (χ0v) is 20.8. The van der Waals surface area contributed by atoms with E-state index >= 15 is 0 Å². The van der Waals surface area contributed by atoms with Crippen LogP contribution in [0.3, 0.4) is 0 Å². The summed E-state index contributed by atoms with van der Waals surface area (Å²) in [6, 6.07) is 23.9. The molecular weight excluding hydrogens is 466 g/mol. The van der Waals surface area contributed by atoms with Gasteiger partial charge in [-0.25, -0.2) is 0 Å². The van der Waals surface area contributed by atoms with Crippen molar-refractivity contribution in [3.8, 4) is 0 Å². The summed E-state index contributed by atoms with van der Waals surface area (Å²) in [6.45, 7) is 4.00. The SMILES string of the molecule is CC.c1ccc2c(c1)sc1c2ncc2c1c1cccc3c4c5sc6ccccc6c5ncc4n2c13. The van der Waals surface area contributed by atoms with E-state index in [1.54, 1.807) is 0 Å². The second kappa shape index (κ2) is 6.87.